The molecule has 0 aliphatic carbocycles. The Balaban J connectivity index is 1.63. The van der Waals surface area contributed by atoms with Crippen LogP contribution in [0.25, 0.3) is 0 Å². The van der Waals surface area contributed by atoms with Crippen LogP contribution in [0.15, 0.2) is 42.5 Å². The van der Waals surface area contributed by atoms with Crippen molar-refractivity contribution in [2.45, 2.75) is 25.9 Å². The molecule has 1 saturated heterocycles. The first kappa shape index (κ1) is 16.5. The number of carbonyl (C=O) groups is 1. The average Bonchev–Trinajstić information content (AvgIpc) is 3.08. The van der Waals surface area contributed by atoms with E-state index in [2.05, 4.69) is 10.6 Å². The maximum absolute atomic E-state index is 14.2. The van der Waals surface area contributed by atoms with Crippen molar-refractivity contribution in [2.75, 3.05) is 23.8 Å². The lowest BCUT2D eigenvalue weighted by atomic mass is 10.1. The predicted molar refractivity (Wildman–Crippen MR) is 93.0 cm³/mol. The number of amides is 1. The summed E-state index contributed by atoms with van der Waals surface area (Å²) in [6.07, 6.45) is 2.20. The molecule has 1 aliphatic rings. The van der Waals surface area contributed by atoms with Gasteiger partial charge in [-0.3, -0.25) is 4.79 Å². The number of hydrogen-bond donors (Lipinski definition) is 2. The molecule has 0 spiro atoms. The molecule has 1 atom stereocenters. The molecule has 2 N–H and O–H groups in total. The second kappa shape index (κ2) is 7.45. The fourth-order valence-corrected chi connectivity index (χ4v) is 2.79. The monoisotopic (exact) mass is 328 g/mol. The summed E-state index contributed by atoms with van der Waals surface area (Å²) >= 11 is 0. The van der Waals surface area contributed by atoms with Gasteiger partial charge in [0.2, 0.25) is 0 Å². The summed E-state index contributed by atoms with van der Waals surface area (Å²) in [6.45, 7) is 3.23. The van der Waals surface area contributed by atoms with Gasteiger partial charge in [0.05, 0.1) is 11.8 Å². The third kappa shape index (κ3) is 3.92. The third-order valence-corrected chi connectivity index (χ3v) is 4.16. The Morgan fingerprint density at radius 2 is 2.12 bits per heavy atom. The molecule has 0 aromatic heterocycles. The number of ether oxygens (including phenoxy) is 1. The molecular formula is C19H21FN2O2. The maximum atomic E-state index is 14.2. The van der Waals surface area contributed by atoms with Crippen molar-refractivity contribution in [1.82, 2.24) is 0 Å². The summed E-state index contributed by atoms with van der Waals surface area (Å²) in [5.74, 6) is -0.636. The highest BCUT2D eigenvalue weighted by atomic mass is 19.1. The van der Waals surface area contributed by atoms with Crippen molar-refractivity contribution >= 4 is 17.3 Å². The van der Waals surface area contributed by atoms with Gasteiger partial charge in [0.15, 0.2) is 0 Å². The van der Waals surface area contributed by atoms with Gasteiger partial charge in [0.1, 0.15) is 5.82 Å². The van der Waals surface area contributed by atoms with Crippen molar-refractivity contribution in [1.29, 1.82) is 0 Å². The van der Waals surface area contributed by atoms with Crippen molar-refractivity contribution in [3.8, 4) is 0 Å². The second-order valence-corrected chi connectivity index (χ2v) is 5.98. The van der Waals surface area contributed by atoms with Crippen LogP contribution >= 0.6 is 0 Å². The number of aryl methyl sites for hydroxylation is 1. The quantitative estimate of drug-likeness (QED) is 0.873. The van der Waals surface area contributed by atoms with Crippen molar-refractivity contribution < 1.29 is 13.9 Å². The second-order valence-electron chi connectivity index (χ2n) is 5.98. The standard InChI is InChI=1S/C19H21FN2O2/c1-13-5-2-3-7-16(13)19(23)22-14-8-9-18(17(20)11-14)21-12-15-6-4-10-24-15/h2-3,5,7-9,11,15,21H,4,6,10,12H2,1H3,(H,22,23). The minimum absolute atomic E-state index is 0.143. The largest absolute Gasteiger partial charge is 0.380 e. The first-order chi connectivity index (χ1) is 11.6. The lowest BCUT2D eigenvalue weighted by Crippen LogP contribution is -2.19. The van der Waals surface area contributed by atoms with Crippen LogP contribution in [0.4, 0.5) is 15.8 Å². The molecule has 1 aliphatic heterocycles. The van der Waals surface area contributed by atoms with Crippen LogP contribution < -0.4 is 10.6 Å². The zero-order chi connectivity index (χ0) is 16.9. The molecule has 1 fully saturated rings. The Hall–Kier alpha value is -2.40. The van der Waals surface area contributed by atoms with Gasteiger partial charge < -0.3 is 15.4 Å². The Labute approximate surface area is 141 Å². The third-order valence-electron chi connectivity index (χ3n) is 4.16. The minimum Gasteiger partial charge on any atom is -0.380 e. The number of carbonyl (C=O) groups excluding carboxylic acids is 1. The van der Waals surface area contributed by atoms with Crippen molar-refractivity contribution in [3.05, 3.63) is 59.4 Å². The summed E-state index contributed by atoms with van der Waals surface area (Å²) in [4.78, 5) is 12.3. The van der Waals surface area contributed by atoms with E-state index in [1.807, 2.05) is 19.1 Å². The topological polar surface area (TPSA) is 50.4 Å². The number of anilines is 2. The number of nitrogens with one attached hydrogen (secondary N) is 2. The smallest absolute Gasteiger partial charge is 0.255 e. The summed E-state index contributed by atoms with van der Waals surface area (Å²) in [6, 6.07) is 12.0. The highest BCUT2D eigenvalue weighted by molar-refractivity contribution is 6.05. The number of hydrogen-bond acceptors (Lipinski definition) is 3. The van der Waals surface area contributed by atoms with E-state index in [4.69, 9.17) is 4.74 Å². The van der Waals surface area contributed by atoms with Crippen LogP contribution in [0.2, 0.25) is 0 Å². The molecule has 1 amide bonds. The van der Waals surface area contributed by atoms with E-state index in [0.717, 1.165) is 25.0 Å². The van der Waals surface area contributed by atoms with E-state index < -0.39 is 5.82 Å². The van der Waals surface area contributed by atoms with Crippen LogP contribution in [-0.4, -0.2) is 25.2 Å². The van der Waals surface area contributed by atoms with Crippen LogP contribution in [-0.2, 0) is 4.74 Å². The molecule has 0 radical (unpaired) electrons. The Bertz CT molecular complexity index is 727. The van der Waals surface area contributed by atoms with Crippen LogP contribution in [0, 0.1) is 12.7 Å². The molecule has 0 bridgehead atoms. The Morgan fingerprint density at radius 1 is 1.29 bits per heavy atom. The van der Waals surface area contributed by atoms with Crippen molar-refractivity contribution in [2.24, 2.45) is 0 Å². The molecule has 4 nitrogen and oxygen atoms in total. The Kier molecular flexibility index (Phi) is 5.11. The van der Waals surface area contributed by atoms with E-state index >= 15 is 0 Å². The molecule has 1 unspecified atom stereocenters. The fourth-order valence-electron chi connectivity index (χ4n) is 2.79. The summed E-state index contributed by atoms with van der Waals surface area (Å²) < 4.78 is 19.7. The summed E-state index contributed by atoms with van der Waals surface area (Å²) in [5, 5.41) is 5.80. The molecule has 3 rings (SSSR count). The highest BCUT2D eigenvalue weighted by Gasteiger charge is 2.16. The van der Waals surface area contributed by atoms with Crippen LogP contribution in [0.3, 0.4) is 0 Å². The van der Waals surface area contributed by atoms with Crippen LogP contribution in [0.1, 0.15) is 28.8 Å². The van der Waals surface area contributed by atoms with Gasteiger partial charge >= 0.3 is 0 Å². The van der Waals surface area contributed by atoms with E-state index in [1.54, 1.807) is 24.3 Å². The molecule has 1 heterocycles. The fraction of sp³-hybridized carbons (Fsp3) is 0.316. The first-order valence-corrected chi connectivity index (χ1v) is 8.15. The lowest BCUT2D eigenvalue weighted by Gasteiger charge is -2.13. The summed E-state index contributed by atoms with van der Waals surface area (Å²) in [5.41, 5.74) is 2.31. The van der Waals surface area contributed by atoms with Gasteiger partial charge in [-0.15, -0.1) is 0 Å². The van der Waals surface area contributed by atoms with Gasteiger partial charge in [-0.05, 0) is 49.6 Å². The normalized spacial score (nSPS) is 16.8. The molecule has 24 heavy (non-hydrogen) atoms. The highest BCUT2D eigenvalue weighted by Crippen LogP contribution is 2.21. The van der Waals surface area contributed by atoms with Crippen molar-refractivity contribution in [3.63, 3.8) is 0 Å². The number of benzene rings is 2. The zero-order valence-electron chi connectivity index (χ0n) is 13.6. The van der Waals surface area contributed by atoms with Gasteiger partial charge in [-0.25, -0.2) is 4.39 Å². The molecule has 126 valence electrons. The maximum Gasteiger partial charge on any atom is 0.255 e. The van der Waals surface area contributed by atoms with E-state index in [0.29, 0.717) is 23.5 Å². The molecule has 5 heteroatoms. The summed E-state index contributed by atoms with van der Waals surface area (Å²) in [7, 11) is 0. The van der Waals surface area contributed by atoms with Crippen LogP contribution in [0.5, 0.6) is 0 Å². The van der Waals surface area contributed by atoms with E-state index in [-0.39, 0.29) is 12.0 Å². The van der Waals surface area contributed by atoms with Gasteiger partial charge in [0, 0.05) is 24.4 Å². The van der Waals surface area contributed by atoms with Gasteiger partial charge in [-0.2, -0.15) is 0 Å². The minimum atomic E-state index is -0.393. The molecule has 0 saturated carbocycles. The van der Waals surface area contributed by atoms with E-state index in [1.165, 1.54) is 6.07 Å². The molecule has 2 aromatic rings. The van der Waals surface area contributed by atoms with E-state index in [9.17, 15) is 9.18 Å². The molecular weight excluding hydrogens is 307 g/mol. The lowest BCUT2D eigenvalue weighted by molar-refractivity contribution is 0.102. The molecule has 2 aromatic carbocycles. The number of rotatable bonds is 5. The first-order valence-electron chi connectivity index (χ1n) is 8.15. The number of halogens is 1. The van der Waals surface area contributed by atoms with Gasteiger partial charge in [-0.1, -0.05) is 18.2 Å². The van der Waals surface area contributed by atoms with Gasteiger partial charge in [0.25, 0.3) is 5.91 Å². The average molecular weight is 328 g/mol. The SMILES string of the molecule is Cc1ccccc1C(=O)Nc1ccc(NCC2CCCO2)c(F)c1. The Morgan fingerprint density at radius 3 is 2.83 bits per heavy atom. The predicted octanol–water partition coefficient (Wildman–Crippen LogP) is 3.98. The zero-order valence-corrected chi connectivity index (χ0v) is 13.6.